The number of nitrogens with zero attached hydrogens (tertiary/aromatic N) is 2. The van der Waals surface area contributed by atoms with Crippen molar-refractivity contribution in [2.45, 2.75) is 49.0 Å². The van der Waals surface area contributed by atoms with E-state index >= 15 is 0 Å². The molecule has 0 saturated carbocycles. The molecule has 5 rings (SSSR count). The predicted molar refractivity (Wildman–Crippen MR) is 162 cm³/mol. The second-order valence-electron chi connectivity index (χ2n) is 9.98. The van der Waals surface area contributed by atoms with Crippen molar-refractivity contribution in [2.24, 2.45) is 0 Å². The molecule has 4 aromatic rings. The van der Waals surface area contributed by atoms with Crippen LogP contribution in [-0.4, -0.2) is 73.2 Å². The number of amides is 2. The number of rotatable bonds is 10. The Morgan fingerprint density at radius 3 is 2.43 bits per heavy atom. The van der Waals surface area contributed by atoms with Crippen LogP contribution in [0, 0.1) is 0 Å². The summed E-state index contributed by atoms with van der Waals surface area (Å²) in [5.74, 6) is -3.25. The summed E-state index contributed by atoms with van der Waals surface area (Å²) in [7, 11) is 0. The average Bonchev–Trinajstić information content (AvgIpc) is 3.66. The van der Waals surface area contributed by atoms with Crippen LogP contribution in [0.5, 0.6) is 0 Å². The number of halogens is 4. The Bertz CT molecular complexity index is 1750. The van der Waals surface area contributed by atoms with Crippen LogP contribution in [-0.2, 0) is 27.4 Å². The predicted octanol–water partition coefficient (Wildman–Crippen LogP) is 4.18. The van der Waals surface area contributed by atoms with Gasteiger partial charge < -0.3 is 38.2 Å². The van der Waals surface area contributed by atoms with Crippen molar-refractivity contribution in [1.29, 1.82) is 0 Å². The van der Waals surface area contributed by atoms with Crippen molar-refractivity contribution in [3.05, 3.63) is 86.3 Å². The highest BCUT2D eigenvalue weighted by Gasteiger charge is 2.37. The van der Waals surface area contributed by atoms with Gasteiger partial charge in [0.15, 0.2) is 28.4 Å². The molecule has 4 atom stereocenters. The van der Waals surface area contributed by atoms with Crippen LogP contribution in [0.4, 0.5) is 0 Å². The van der Waals surface area contributed by atoms with Crippen LogP contribution in [0.3, 0.4) is 0 Å². The van der Waals surface area contributed by atoms with Gasteiger partial charge >= 0.3 is 5.82 Å². The van der Waals surface area contributed by atoms with Crippen LogP contribution >= 0.6 is 46.4 Å². The van der Waals surface area contributed by atoms with Gasteiger partial charge in [0.25, 0.3) is 11.8 Å². The van der Waals surface area contributed by atoms with Gasteiger partial charge in [-0.1, -0.05) is 69.8 Å². The van der Waals surface area contributed by atoms with Crippen molar-refractivity contribution < 1.29 is 47.7 Å². The molecular formula is C29H24Cl4N2O11. The van der Waals surface area contributed by atoms with Gasteiger partial charge in [-0.2, -0.15) is 0 Å². The third kappa shape index (κ3) is 7.49. The SMILES string of the molecule is O=C(c1cccc(-c2cc(-c3c(Cl)cccc3Cl)no2)c1)N(Cc1oc(=O)oc1COC1CC(O)C(O)C(CO)O1)C(=O)C(Cl)Cl. The maximum atomic E-state index is 13.7. The van der Waals surface area contributed by atoms with Crippen molar-refractivity contribution in [3.8, 4) is 22.6 Å². The lowest BCUT2D eigenvalue weighted by atomic mass is 10.0. The van der Waals surface area contributed by atoms with Gasteiger partial charge in [0.2, 0.25) is 0 Å². The van der Waals surface area contributed by atoms with E-state index in [4.69, 9.17) is 69.2 Å². The van der Waals surface area contributed by atoms with Crippen LogP contribution in [0.15, 0.2) is 66.7 Å². The summed E-state index contributed by atoms with van der Waals surface area (Å²) >= 11 is 24.3. The van der Waals surface area contributed by atoms with E-state index in [1.165, 1.54) is 12.1 Å². The smallest absolute Gasteiger partial charge is 0.394 e. The lowest BCUT2D eigenvalue weighted by molar-refractivity contribution is -0.261. The standard InChI is InChI=1S/C29H24Cl4N2O11/c30-15-5-2-6-16(31)24(15)17-8-19(46-34-17)13-3-1-4-14(7-13)27(39)35(28(40)26(32)33)10-20-22(45-29(41)44-20)12-42-23-9-18(37)25(38)21(11-36)43-23/h1-8,18,21,23,25-26,36-38H,9-12H2. The molecule has 3 heterocycles. The molecule has 244 valence electrons. The fourth-order valence-corrected chi connectivity index (χ4v) is 5.48. The van der Waals surface area contributed by atoms with Crippen LogP contribution in [0.25, 0.3) is 22.6 Å². The second kappa shape index (κ2) is 14.7. The second-order valence-corrected chi connectivity index (χ2v) is 11.9. The zero-order valence-electron chi connectivity index (χ0n) is 23.3. The largest absolute Gasteiger partial charge is 0.519 e. The molecule has 4 unspecified atom stereocenters. The zero-order valence-corrected chi connectivity index (χ0v) is 26.4. The lowest BCUT2D eigenvalue weighted by Gasteiger charge is -2.35. The van der Waals surface area contributed by atoms with E-state index in [0.29, 0.717) is 31.8 Å². The summed E-state index contributed by atoms with van der Waals surface area (Å²) in [5.41, 5.74) is 1.24. The number of hydrogen-bond donors (Lipinski definition) is 3. The third-order valence-corrected chi connectivity index (χ3v) is 7.97. The van der Waals surface area contributed by atoms with E-state index in [2.05, 4.69) is 5.16 Å². The summed E-state index contributed by atoms with van der Waals surface area (Å²) in [5, 5.41) is 34.1. The van der Waals surface area contributed by atoms with E-state index in [1.807, 2.05) is 0 Å². The Balaban J connectivity index is 1.37. The van der Waals surface area contributed by atoms with E-state index in [1.54, 1.807) is 36.4 Å². The number of aliphatic hydroxyl groups excluding tert-OH is 3. The number of alkyl halides is 2. The Hall–Kier alpha value is -3.24. The molecular weight excluding hydrogens is 694 g/mol. The molecule has 17 heteroatoms. The highest BCUT2D eigenvalue weighted by molar-refractivity contribution is 6.54. The summed E-state index contributed by atoms with van der Waals surface area (Å²) in [6.07, 6.45) is -4.97. The normalized spacial score (nSPS) is 19.8. The number of carbonyl (C=O) groups excluding carboxylic acids is 2. The number of benzene rings is 2. The molecule has 0 spiro atoms. The monoisotopic (exact) mass is 716 g/mol. The molecule has 1 saturated heterocycles. The van der Waals surface area contributed by atoms with Crippen LogP contribution < -0.4 is 5.82 Å². The highest BCUT2D eigenvalue weighted by Crippen LogP contribution is 2.36. The maximum Gasteiger partial charge on any atom is 0.519 e. The fraction of sp³-hybridized carbons (Fsp3) is 0.310. The number of carbonyl (C=O) groups is 2. The molecule has 1 aliphatic rings. The van der Waals surface area contributed by atoms with Gasteiger partial charge in [0, 0.05) is 29.2 Å². The minimum Gasteiger partial charge on any atom is -0.394 e. The molecule has 0 aliphatic carbocycles. The Morgan fingerprint density at radius 2 is 1.74 bits per heavy atom. The first kappa shape index (κ1) is 34.1. The average molecular weight is 718 g/mol. The Labute approximate surface area is 279 Å². The number of hydrogen-bond acceptors (Lipinski definition) is 12. The van der Waals surface area contributed by atoms with Crippen molar-refractivity contribution in [1.82, 2.24) is 10.1 Å². The molecule has 3 N–H and O–H groups in total. The maximum absolute atomic E-state index is 13.7. The van der Waals surface area contributed by atoms with Gasteiger partial charge in [0.05, 0.1) is 29.3 Å². The summed E-state index contributed by atoms with van der Waals surface area (Å²) in [6, 6.07) is 12.6. The zero-order chi connectivity index (χ0) is 33.1. The third-order valence-electron chi connectivity index (χ3n) is 6.96. The number of imide groups is 1. The number of aliphatic hydroxyl groups is 3. The molecule has 2 aromatic carbocycles. The summed E-state index contributed by atoms with van der Waals surface area (Å²) < 4.78 is 26.6. The van der Waals surface area contributed by atoms with Gasteiger partial charge in [-0.25, -0.2) is 4.79 Å². The highest BCUT2D eigenvalue weighted by atomic mass is 35.5. The molecule has 1 aliphatic heterocycles. The van der Waals surface area contributed by atoms with Gasteiger partial charge in [0.1, 0.15) is 24.5 Å². The van der Waals surface area contributed by atoms with Gasteiger partial charge in [-0.15, -0.1) is 0 Å². The first-order chi connectivity index (χ1) is 22.0. The summed E-state index contributed by atoms with van der Waals surface area (Å²) in [4.78, 5) is 37.7. The molecule has 0 radical (unpaired) electrons. The van der Waals surface area contributed by atoms with E-state index in [9.17, 15) is 29.7 Å². The molecule has 2 aromatic heterocycles. The topological polar surface area (TPSA) is 186 Å². The minimum atomic E-state index is -1.67. The quantitative estimate of drug-likeness (QED) is 0.199. The van der Waals surface area contributed by atoms with E-state index in [-0.39, 0.29) is 29.3 Å². The molecule has 1 fully saturated rings. The molecule has 2 amide bonds. The van der Waals surface area contributed by atoms with Crippen molar-refractivity contribution in [3.63, 3.8) is 0 Å². The van der Waals surface area contributed by atoms with Crippen molar-refractivity contribution in [2.75, 3.05) is 6.61 Å². The first-order valence-corrected chi connectivity index (χ1v) is 15.1. The van der Waals surface area contributed by atoms with Crippen molar-refractivity contribution >= 4 is 58.2 Å². The summed E-state index contributed by atoms with van der Waals surface area (Å²) in [6.45, 7) is -1.69. The van der Waals surface area contributed by atoms with Gasteiger partial charge in [-0.05, 0) is 24.3 Å². The lowest BCUT2D eigenvalue weighted by Crippen LogP contribution is -2.50. The fourth-order valence-electron chi connectivity index (χ4n) is 4.65. The number of aromatic nitrogens is 1. The van der Waals surface area contributed by atoms with E-state index < -0.39 is 66.8 Å². The van der Waals surface area contributed by atoms with E-state index in [0.717, 1.165) is 0 Å². The van der Waals surface area contributed by atoms with Crippen LogP contribution in [0.1, 0.15) is 28.3 Å². The molecule has 0 bridgehead atoms. The Kier molecular flexibility index (Phi) is 10.9. The Morgan fingerprint density at radius 1 is 1.04 bits per heavy atom. The first-order valence-electron chi connectivity index (χ1n) is 13.5. The number of ether oxygens (including phenoxy) is 2. The molecule has 13 nitrogen and oxygen atoms in total. The molecule has 46 heavy (non-hydrogen) atoms. The minimum absolute atomic E-state index is 0.00963. The van der Waals surface area contributed by atoms with Crippen LogP contribution in [0.2, 0.25) is 10.0 Å². The van der Waals surface area contributed by atoms with Gasteiger partial charge in [-0.3, -0.25) is 14.5 Å².